The highest BCUT2D eigenvalue weighted by Gasteiger charge is 2.31. The van der Waals surface area contributed by atoms with Crippen molar-refractivity contribution >= 4 is 0 Å². The SMILES string of the molecule is CC(C)c1nc(C(N)c2ccc(OC(F)(F)F)cc2)no1. The Morgan fingerprint density at radius 2 is 1.81 bits per heavy atom. The van der Waals surface area contributed by atoms with Crippen molar-refractivity contribution in [2.45, 2.75) is 32.2 Å². The van der Waals surface area contributed by atoms with Gasteiger partial charge < -0.3 is 15.0 Å². The molecule has 1 unspecified atom stereocenters. The van der Waals surface area contributed by atoms with E-state index < -0.39 is 12.4 Å². The van der Waals surface area contributed by atoms with Crippen molar-refractivity contribution in [3.05, 3.63) is 41.5 Å². The lowest BCUT2D eigenvalue weighted by Gasteiger charge is -2.11. The Morgan fingerprint density at radius 3 is 2.29 bits per heavy atom. The Labute approximate surface area is 118 Å². The van der Waals surface area contributed by atoms with Gasteiger partial charge in [0, 0.05) is 5.92 Å². The number of ether oxygens (including phenoxy) is 1. The van der Waals surface area contributed by atoms with E-state index >= 15 is 0 Å². The summed E-state index contributed by atoms with van der Waals surface area (Å²) >= 11 is 0. The van der Waals surface area contributed by atoms with Crippen LogP contribution in [0.5, 0.6) is 5.75 Å². The van der Waals surface area contributed by atoms with Gasteiger partial charge in [-0.1, -0.05) is 31.1 Å². The molecule has 0 radical (unpaired) electrons. The Morgan fingerprint density at radius 1 is 1.19 bits per heavy atom. The first kappa shape index (κ1) is 15.3. The maximum absolute atomic E-state index is 12.1. The van der Waals surface area contributed by atoms with Gasteiger partial charge in [0.05, 0.1) is 6.04 Å². The van der Waals surface area contributed by atoms with E-state index in [9.17, 15) is 13.2 Å². The topological polar surface area (TPSA) is 74.2 Å². The maximum atomic E-state index is 12.1. The molecule has 1 atom stereocenters. The van der Waals surface area contributed by atoms with Crippen molar-refractivity contribution in [3.63, 3.8) is 0 Å². The Balaban J connectivity index is 2.13. The first-order valence-electron chi connectivity index (χ1n) is 6.21. The maximum Gasteiger partial charge on any atom is 0.573 e. The molecule has 1 aromatic heterocycles. The van der Waals surface area contributed by atoms with Crippen LogP contribution >= 0.6 is 0 Å². The molecule has 0 aliphatic rings. The number of hydrogen-bond donors (Lipinski definition) is 1. The fourth-order valence-corrected chi connectivity index (χ4v) is 1.63. The minimum atomic E-state index is -4.72. The van der Waals surface area contributed by atoms with Crippen LogP contribution in [-0.2, 0) is 0 Å². The molecule has 0 fully saturated rings. The number of nitrogens with two attached hydrogens (primary N) is 1. The van der Waals surface area contributed by atoms with Crippen LogP contribution in [0.15, 0.2) is 28.8 Å². The molecule has 0 saturated carbocycles. The predicted octanol–water partition coefficient (Wildman–Crippen LogP) is 3.14. The minimum absolute atomic E-state index is 0.0704. The van der Waals surface area contributed by atoms with E-state index in [4.69, 9.17) is 10.3 Å². The normalized spacial score (nSPS) is 13.5. The van der Waals surface area contributed by atoms with Gasteiger partial charge in [0.1, 0.15) is 5.75 Å². The molecule has 1 aromatic carbocycles. The first-order chi connectivity index (χ1) is 9.76. The second-order valence-electron chi connectivity index (χ2n) is 4.74. The van der Waals surface area contributed by atoms with Gasteiger partial charge in [0.15, 0.2) is 5.82 Å². The van der Waals surface area contributed by atoms with Crippen LogP contribution in [0.2, 0.25) is 0 Å². The molecule has 1 heterocycles. The molecule has 0 spiro atoms. The minimum Gasteiger partial charge on any atom is -0.406 e. The smallest absolute Gasteiger partial charge is 0.406 e. The van der Waals surface area contributed by atoms with E-state index in [0.717, 1.165) is 0 Å². The lowest BCUT2D eigenvalue weighted by atomic mass is 10.1. The summed E-state index contributed by atoms with van der Waals surface area (Å²) in [6, 6.07) is 4.55. The van der Waals surface area contributed by atoms with Crippen molar-refractivity contribution in [2.24, 2.45) is 5.73 Å². The number of halogens is 3. The van der Waals surface area contributed by atoms with E-state index in [0.29, 0.717) is 11.5 Å². The molecule has 2 aromatic rings. The van der Waals surface area contributed by atoms with Crippen molar-refractivity contribution in [2.75, 3.05) is 0 Å². The highest BCUT2D eigenvalue weighted by atomic mass is 19.4. The molecule has 2 rings (SSSR count). The van der Waals surface area contributed by atoms with Gasteiger partial charge in [0.25, 0.3) is 0 Å². The summed E-state index contributed by atoms with van der Waals surface area (Å²) in [5, 5.41) is 3.77. The standard InChI is InChI=1S/C13H14F3N3O2/c1-7(2)12-18-11(19-21-12)10(17)8-3-5-9(6-4-8)20-13(14,15)16/h3-7,10H,17H2,1-2H3. The van der Waals surface area contributed by atoms with E-state index in [1.807, 2.05) is 13.8 Å². The van der Waals surface area contributed by atoms with Crippen LogP contribution in [0.1, 0.15) is 43.1 Å². The van der Waals surface area contributed by atoms with Crippen LogP contribution in [0.4, 0.5) is 13.2 Å². The number of aromatic nitrogens is 2. The summed E-state index contributed by atoms with van der Waals surface area (Å²) in [5.41, 5.74) is 6.52. The third-order valence-electron chi connectivity index (χ3n) is 2.70. The highest BCUT2D eigenvalue weighted by Crippen LogP contribution is 2.25. The third kappa shape index (κ3) is 3.94. The van der Waals surface area contributed by atoms with Crippen molar-refractivity contribution in [3.8, 4) is 5.75 Å². The largest absolute Gasteiger partial charge is 0.573 e. The summed E-state index contributed by atoms with van der Waals surface area (Å²) < 4.78 is 45.0. The summed E-state index contributed by atoms with van der Waals surface area (Å²) in [6.45, 7) is 3.79. The van der Waals surface area contributed by atoms with Crippen LogP contribution in [-0.4, -0.2) is 16.5 Å². The number of rotatable bonds is 4. The summed E-state index contributed by atoms with van der Waals surface area (Å²) in [5.74, 6) is 0.496. The Kier molecular flexibility index (Phi) is 4.17. The number of nitrogens with zero attached hydrogens (tertiary/aromatic N) is 2. The average molecular weight is 301 g/mol. The Bertz CT molecular complexity index is 593. The van der Waals surface area contributed by atoms with Gasteiger partial charge >= 0.3 is 6.36 Å². The predicted molar refractivity (Wildman–Crippen MR) is 67.5 cm³/mol. The summed E-state index contributed by atoms with van der Waals surface area (Å²) in [7, 11) is 0. The molecule has 2 N–H and O–H groups in total. The second-order valence-corrected chi connectivity index (χ2v) is 4.74. The molecule has 21 heavy (non-hydrogen) atoms. The Hall–Kier alpha value is -2.09. The van der Waals surface area contributed by atoms with E-state index in [1.165, 1.54) is 24.3 Å². The second kappa shape index (κ2) is 5.72. The van der Waals surface area contributed by atoms with Crippen LogP contribution in [0, 0.1) is 0 Å². The fourth-order valence-electron chi connectivity index (χ4n) is 1.63. The van der Waals surface area contributed by atoms with Crippen LogP contribution in [0.25, 0.3) is 0 Å². The molecule has 0 aliphatic heterocycles. The zero-order valence-corrected chi connectivity index (χ0v) is 11.4. The average Bonchev–Trinajstić information content (AvgIpc) is 2.86. The van der Waals surface area contributed by atoms with Crippen molar-refractivity contribution in [1.82, 2.24) is 10.1 Å². The lowest BCUT2D eigenvalue weighted by molar-refractivity contribution is -0.274. The van der Waals surface area contributed by atoms with Crippen molar-refractivity contribution < 1.29 is 22.4 Å². The lowest BCUT2D eigenvalue weighted by Crippen LogP contribution is -2.17. The molecule has 0 amide bonds. The van der Waals surface area contributed by atoms with Gasteiger partial charge in [-0.2, -0.15) is 4.98 Å². The highest BCUT2D eigenvalue weighted by molar-refractivity contribution is 5.31. The zero-order chi connectivity index (χ0) is 15.6. The molecular formula is C13H14F3N3O2. The van der Waals surface area contributed by atoms with Gasteiger partial charge in [-0.15, -0.1) is 13.2 Å². The van der Waals surface area contributed by atoms with Crippen LogP contribution < -0.4 is 10.5 Å². The van der Waals surface area contributed by atoms with E-state index in [1.54, 1.807) is 0 Å². The molecule has 5 nitrogen and oxygen atoms in total. The monoisotopic (exact) mass is 301 g/mol. The van der Waals surface area contributed by atoms with Gasteiger partial charge in [-0.05, 0) is 17.7 Å². The molecule has 114 valence electrons. The molecule has 8 heteroatoms. The summed E-state index contributed by atoms with van der Waals surface area (Å²) in [6.07, 6.45) is -4.72. The zero-order valence-electron chi connectivity index (χ0n) is 11.4. The molecule has 0 aliphatic carbocycles. The van der Waals surface area contributed by atoms with Gasteiger partial charge in [-0.3, -0.25) is 0 Å². The number of benzene rings is 1. The first-order valence-corrected chi connectivity index (χ1v) is 6.21. The van der Waals surface area contributed by atoms with E-state index in [2.05, 4.69) is 14.9 Å². The number of hydrogen-bond acceptors (Lipinski definition) is 5. The van der Waals surface area contributed by atoms with Crippen LogP contribution in [0.3, 0.4) is 0 Å². The van der Waals surface area contributed by atoms with Gasteiger partial charge in [-0.25, -0.2) is 0 Å². The van der Waals surface area contributed by atoms with E-state index in [-0.39, 0.29) is 17.5 Å². The quantitative estimate of drug-likeness (QED) is 0.939. The third-order valence-corrected chi connectivity index (χ3v) is 2.70. The molecular weight excluding hydrogens is 287 g/mol. The number of alkyl halides is 3. The van der Waals surface area contributed by atoms with Crippen molar-refractivity contribution in [1.29, 1.82) is 0 Å². The molecule has 0 bridgehead atoms. The van der Waals surface area contributed by atoms with Gasteiger partial charge in [0.2, 0.25) is 5.89 Å². The summed E-state index contributed by atoms with van der Waals surface area (Å²) in [4.78, 5) is 4.15. The fraction of sp³-hybridized carbons (Fsp3) is 0.385. The molecule has 0 saturated heterocycles.